The molecule has 3 aromatic rings. The molecule has 1 aliphatic rings. The van der Waals surface area contributed by atoms with Gasteiger partial charge in [0.2, 0.25) is 0 Å². The third-order valence-electron chi connectivity index (χ3n) is 4.35. The fraction of sp³-hybridized carbons (Fsp3) is 0.375. The van der Waals surface area contributed by atoms with E-state index in [0.29, 0.717) is 11.6 Å². The van der Waals surface area contributed by atoms with Crippen molar-refractivity contribution >= 4 is 17.2 Å². The number of rotatable bonds is 5. The fourth-order valence-corrected chi connectivity index (χ4v) is 3.10. The molecule has 0 aliphatic carbocycles. The highest BCUT2D eigenvalue weighted by Crippen LogP contribution is 2.31. The Morgan fingerprint density at radius 3 is 3.08 bits per heavy atom. The SMILES string of the molecule is COc1ccccc1N1CCC(CNc2ccc3nnnn3n2)C1. The molecule has 124 valence electrons. The summed E-state index contributed by atoms with van der Waals surface area (Å²) in [5.74, 6) is 2.27. The molecule has 8 heteroatoms. The van der Waals surface area contributed by atoms with Crippen molar-refractivity contribution in [2.75, 3.05) is 37.0 Å². The summed E-state index contributed by atoms with van der Waals surface area (Å²) in [5.41, 5.74) is 1.81. The fourth-order valence-electron chi connectivity index (χ4n) is 3.10. The van der Waals surface area contributed by atoms with E-state index in [2.05, 4.69) is 43.0 Å². The van der Waals surface area contributed by atoms with Crippen LogP contribution in [0.1, 0.15) is 6.42 Å². The Morgan fingerprint density at radius 1 is 1.25 bits per heavy atom. The van der Waals surface area contributed by atoms with Crippen molar-refractivity contribution in [3.05, 3.63) is 36.4 Å². The van der Waals surface area contributed by atoms with Gasteiger partial charge in [-0.3, -0.25) is 0 Å². The highest BCUT2D eigenvalue weighted by atomic mass is 16.5. The second-order valence-corrected chi connectivity index (χ2v) is 5.90. The molecule has 4 rings (SSSR count). The summed E-state index contributed by atoms with van der Waals surface area (Å²) in [4.78, 5) is 2.38. The zero-order valence-electron chi connectivity index (χ0n) is 13.5. The Morgan fingerprint density at radius 2 is 2.17 bits per heavy atom. The van der Waals surface area contributed by atoms with E-state index in [4.69, 9.17) is 4.74 Å². The predicted octanol–water partition coefficient (Wildman–Crippen LogP) is 1.47. The normalized spacial score (nSPS) is 17.4. The summed E-state index contributed by atoms with van der Waals surface area (Å²) >= 11 is 0. The molecule has 1 unspecified atom stereocenters. The number of nitrogens with zero attached hydrogens (tertiary/aromatic N) is 6. The zero-order chi connectivity index (χ0) is 16.4. The first-order valence-electron chi connectivity index (χ1n) is 8.01. The summed E-state index contributed by atoms with van der Waals surface area (Å²) in [7, 11) is 1.72. The van der Waals surface area contributed by atoms with Crippen LogP contribution in [0.25, 0.3) is 5.65 Å². The minimum atomic E-state index is 0.557. The van der Waals surface area contributed by atoms with E-state index in [1.807, 2.05) is 24.3 Å². The van der Waals surface area contributed by atoms with Gasteiger partial charge in [0.05, 0.1) is 12.8 Å². The van der Waals surface area contributed by atoms with Crippen LogP contribution in [0.4, 0.5) is 11.5 Å². The first-order valence-corrected chi connectivity index (χ1v) is 8.01. The lowest BCUT2D eigenvalue weighted by Crippen LogP contribution is -2.23. The molecular formula is C16H19N7O. The van der Waals surface area contributed by atoms with Crippen LogP contribution in [0.15, 0.2) is 36.4 Å². The van der Waals surface area contributed by atoms with Crippen LogP contribution in [0.2, 0.25) is 0 Å². The quantitative estimate of drug-likeness (QED) is 0.760. The van der Waals surface area contributed by atoms with Gasteiger partial charge in [0, 0.05) is 19.6 Å². The van der Waals surface area contributed by atoms with Crippen LogP contribution in [-0.2, 0) is 0 Å². The number of anilines is 2. The maximum absolute atomic E-state index is 5.47. The molecule has 8 nitrogen and oxygen atoms in total. The number of para-hydroxylation sites is 2. The van der Waals surface area contributed by atoms with Gasteiger partial charge in [-0.1, -0.05) is 12.1 Å². The number of hydrogen-bond acceptors (Lipinski definition) is 7. The predicted molar refractivity (Wildman–Crippen MR) is 90.4 cm³/mol. The van der Waals surface area contributed by atoms with Crippen molar-refractivity contribution in [3.63, 3.8) is 0 Å². The molecule has 0 saturated carbocycles. The molecule has 0 amide bonds. The summed E-state index contributed by atoms with van der Waals surface area (Å²) < 4.78 is 6.90. The van der Waals surface area contributed by atoms with E-state index in [1.54, 1.807) is 7.11 Å². The second kappa shape index (κ2) is 6.31. The maximum atomic E-state index is 5.47. The van der Waals surface area contributed by atoms with Crippen LogP contribution in [0, 0.1) is 5.92 Å². The lowest BCUT2D eigenvalue weighted by Gasteiger charge is -2.21. The zero-order valence-corrected chi connectivity index (χ0v) is 13.5. The molecular weight excluding hydrogens is 306 g/mol. The molecule has 0 radical (unpaired) electrons. The number of aromatic nitrogens is 5. The van der Waals surface area contributed by atoms with Gasteiger partial charge >= 0.3 is 0 Å². The number of nitrogens with one attached hydrogen (secondary N) is 1. The van der Waals surface area contributed by atoms with Gasteiger partial charge in [-0.15, -0.1) is 14.8 Å². The molecule has 0 spiro atoms. The topological polar surface area (TPSA) is 80.5 Å². The number of methoxy groups -OCH3 is 1. The van der Waals surface area contributed by atoms with E-state index < -0.39 is 0 Å². The standard InChI is InChI=1S/C16H19N7O/c1-24-14-5-3-2-4-13(14)22-9-8-12(11-22)10-17-15-6-7-16-18-20-21-23(16)19-15/h2-7,12H,8-11H2,1H3,(H,17,19). The Kier molecular flexibility index (Phi) is 3.86. The third kappa shape index (κ3) is 2.82. The van der Waals surface area contributed by atoms with Gasteiger partial charge in [-0.05, 0) is 47.0 Å². The van der Waals surface area contributed by atoms with Crippen LogP contribution < -0.4 is 15.0 Å². The Labute approximate surface area is 139 Å². The van der Waals surface area contributed by atoms with Gasteiger partial charge in [0.1, 0.15) is 11.6 Å². The third-order valence-corrected chi connectivity index (χ3v) is 4.35. The number of ether oxygens (including phenoxy) is 1. The smallest absolute Gasteiger partial charge is 0.200 e. The van der Waals surface area contributed by atoms with E-state index in [0.717, 1.165) is 43.3 Å². The summed E-state index contributed by atoms with van der Waals surface area (Å²) in [6, 6.07) is 11.9. The van der Waals surface area contributed by atoms with E-state index in [-0.39, 0.29) is 0 Å². The maximum Gasteiger partial charge on any atom is 0.200 e. The van der Waals surface area contributed by atoms with Crippen LogP contribution in [-0.4, -0.2) is 52.0 Å². The summed E-state index contributed by atoms with van der Waals surface area (Å²) in [6.45, 7) is 2.90. The summed E-state index contributed by atoms with van der Waals surface area (Å²) in [6.07, 6.45) is 1.14. The minimum absolute atomic E-state index is 0.557. The molecule has 1 fully saturated rings. The molecule has 1 aliphatic heterocycles. The van der Waals surface area contributed by atoms with Crippen molar-refractivity contribution in [1.29, 1.82) is 0 Å². The first-order chi connectivity index (χ1) is 11.8. The molecule has 0 bridgehead atoms. The largest absolute Gasteiger partial charge is 0.495 e. The first kappa shape index (κ1) is 14.7. The Bertz CT molecular complexity index is 834. The number of fused-ring (bicyclic) bond motifs is 1. The average Bonchev–Trinajstić information content (AvgIpc) is 3.28. The Hall–Kier alpha value is -2.90. The molecule has 1 saturated heterocycles. The van der Waals surface area contributed by atoms with Gasteiger partial charge < -0.3 is 15.0 Å². The highest BCUT2D eigenvalue weighted by molar-refractivity contribution is 5.59. The lowest BCUT2D eigenvalue weighted by molar-refractivity contribution is 0.414. The molecule has 1 N–H and O–H groups in total. The monoisotopic (exact) mass is 325 g/mol. The van der Waals surface area contributed by atoms with Crippen molar-refractivity contribution in [2.45, 2.75) is 6.42 Å². The molecule has 1 aromatic carbocycles. The molecule has 3 heterocycles. The van der Waals surface area contributed by atoms with Gasteiger partial charge in [0.15, 0.2) is 5.65 Å². The summed E-state index contributed by atoms with van der Waals surface area (Å²) in [5, 5.41) is 19.0. The minimum Gasteiger partial charge on any atom is -0.495 e. The van der Waals surface area contributed by atoms with Crippen molar-refractivity contribution in [2.24, 2.45) is 5.92 Å². The van der Waals surface area contributed by atoms with Gasteiger partial charge in [-0.25, -0.2) is 0 Å². The van der Waals surface area contributed by atoms with Gasteiger partial charge in [0.25, 0.3) is 0 Å². The van der Waals surface area contributed by atoms with E-state index >= 15 is 0 Å². The average molecular weight is 325 g/mol. The van der Waals surface area contributed by atoms with Crippen LogP contribution >= 0.6 is 0 Å². The highest BCUT2D eigenvalue weighted by Gasteiger charge is 2.24. The van der Waals surface area contributed by atoms with Crippen LogP contribution in [0.3, 0.4) is 0 Å². The molecule has 1 atom stereocenters. The number of benzene rings is 1. The van der Waals surface area contributed by atoms with E-state index in [9.17, 15) is 0 Å². The number of hydrogen-bond donors (Lipinski definition) is 1. The lowest BCUT2D eigenvalue weighted by atomic mass is 10.1. The van der Waals surface area contributed by atoms with Gasteiger partial charge in [-0.2, -0.15) is 0 Å². The Balaban J connectivity index is 1.38. The molecule has 2 aromatic heterocycles. The number of tetrazole rings is 1. The second-order valence-electron chi connectivity index (χ2n) is 5.90. The van der Waals surface area contributed by atoms with Crippen molar-refractivity contribution < 1.29 is 4.74 Å². The van der Waals surface area contributed by atoms with Crippen molar-refractivity contribution in [1.82, 2.24) is 25.3 Å². The van der Waals surface area contributed by atoms with Crippen molar-refractivity contribution in [3.8, 4) is 5.75 Å². The van der Waals surface area contributed by atoms with E-state index in [1.165, 1.54) is 4.63 Å². The van der Waals surface area contributed by atoms with Crippen LogP contribution in [0.5, 0.6) is 5.75 Å². The molecule has 24 heavy (non-hydrogen) atoms.